The summed E-state index contributed by atoms with van der Waals surface area (Å²) in [5, 5.41) is 22.3. The van der Waals surface area contributed by atoms with E-state index in [2.05, 4.69) is 9.97 Å². The summed E-state index contributed by atoms with van der Waals surface area (Å²) in [7, 11) is 0. The molecule has 2 rings (SSSR count). The molecule has 2 aromatic heterocycles. The topological polar surface area (TPSA) is 99.7 Å². The van der Waals surface area contributed by atoms with E-state index >= 15 is 0 Å². The number of halogens is 2. The number of nitrogens with zero attached hydrogens (tertiary/aromatic N) is 4. The molecular weight excluding hydrogens is 403 g/mol. The quantitative estimate of drug-likeness (QED) is 0.677. The Kier molecular flexibility index (Phi) is 8.27. The Balaban J connectivity index is 0.000000293. The average Bonchev–Trinajstić information content (AvgIpc) is 3.08. The highest BCUT2D eigenvalue weighted by atomic mass is 35.5. The highest BCUT2D eigenvalue weighted by molar-refractivity contribution is 7.10. The van der Waals surface area contributed by atoms with Gasteiger partial charge in [-0.05, 0) is 20.8 Å². The summed E-state index contributed by atoms with van der Waals surface area (Å²) in [6.45, 7) is 5.23. The van der Waals surface area contributed by atoms with E-state index in [1.165, 1.54) is 22.7 Å². The molecule has 0 saturated heterocycles. The summed E-state index contributed by atoms with van der Waals surface area (Å²) in [6.07, 6.45) is 0.359. The molecule has 10 heteroatoms. The van der Waals surface area contributed by atoms with Gasteiger partial charge in [0.15, 0.2) is 5.92 Å². The highest BCUT2D eigenvalue weighted by Crippen LogP contribution is 2.25. The molecule has 1 unspecified atom stereocenters. The van der Waals surface area contributed by atoms with Crippen molar-refractivity contribution >= 4 is 51.8 Å². The molecule has 0 saturated carbocycles. The van der Waals surface area contributed by atoms with E-state index in [4.69, 9.17) is 38.5 Å². The molecule has 0 aromatic carbocycles. The number of esters is 1. The lowest BCUT2D eigenvalue weighted by Crippen LogP contribution is -2.27. The second-order valence-electron chi connectivity index (χ2n) is 5.50. The summed E-state index contributed by atoms with van der Waals surface area (Å²) in [4.78, 5) is 19.4. The van der Waals surface area contributed by atoms with Crippen molar-refractivity contribution in [2.45, 2.75) is 38.7 Å². The normalized spacial score (nSPS) is 11.5. The molecule has 0 N–H and O–H groups in total. The van der Waals surface area contributed by atoms with E-state index in [0.29, 0.717) is 16.6 Å². The van der Waals surface area contributed by atoms with Crippen LogP contribution in [0.5, 0.6) is 0 Å². The second-order valence-corrected chi connectivity index (χ2v) is 8.11. The zero-order valence-corrected chi connectivity index (χ0v) is 16.8. The van der Waals surface area contributed by atoms with E-state index in [9.17, 15) is 4.79 Å². The first-order valence-corrected chi connectivity index (χ1v) is 9.38. The predicted molar refractivity (Wildman–Crippen MR) is 97.8 cm³/mol. The lowest BCUT2D eigenvalue weighted by Gasteiger charge is -2.20. The first-order valence-electron chi connectivity index (χ1n) is 6.86. The van der Waals surface area contributed by atoms with Gasteiger partial charge in [-0.25, -0.2) is 9.97 Å². The number of nitriles is 2. The van der Waals surface area contributed by atoms with Crippen LogP contribution in [0, 0.1) is 22.7 Å². The van der Waals surface area contributed by atoms with Gasteiger partial charge in [-0.2, -0.15) is 10.5 Å². The smallest absolute Gasteiger partial charge is 0.330 e. The molecule has 0 aliphatic heterocycles. The summed E-state index contributed by atoms with van der Waals surface area (Å²) in [5.41, 5.74) is -0.618. The summed E-state index contributed by atoms with van der Waals surface area (Å²) < 4.78 is 5.12. The first-order chi connectivity index (χ1) is 11.7. The van der Waals surface area contributed by atoms with Crippen LogP contribution in [0.15, 0.2) is 10.8 Å². The molecule has 1 atom stereocenters. The van der Waals surface area contributed by atoms with Crippen LogP contribution in [-0.4, -0.2) is 21.5 Å². The average molecular weight is 417 g/mol. The number of rotatable bonds is 3. The second kappa shape index (κ2) is 9.69. The molecule has 25 heavy (non-hydrogen) atoms. The van der Waals surface area contributed by atoms with Crippen molar-refractivity contribution in [1.82, 2.24) is 9.97 Å². The van der Waals surface area contributed by atoms with Crippen molar-refractivity contribution in [3.05, 3.63) is 31.1 Å². The monoisotopic (exact) mass is 416 g/mol. The molecule has 2 heterocycles. The van der Waals surface area contributed by atoms with Gasteiger partial charge in [-0.15, -0.1) is 22.7 Å². The van der Waals surface area contributed by atoms with Crippen LogP contribution in [0.25, 0.3) is 0 Å². The lowest BCUT2D eigenvalue weighted by molar-refractivity contribution is -0.155. The van der Waals surface area contributed by atoms with E-state index < -0.39 is 17.5 Å². The molecular formula is C15H14Cl2N4O2S2. The Bertz CT molecular complexity index is 800. The number of hydrogen-bond acceptors (Lipinski definition) is 8. The van der Waals surface area contributed by atoms with Crippen molar-refractivity contribution in [1.29, 1.82) is 10.5 Å². The van der Waals surface area contributed by atoms with Gasteiger partial charge in [0.1, 0.15) is 25.9 Å². The SMILES string of the molecule is CC(C)(C)OC(=O)C(C#N)c1nc(Cl)cs1.N#CCc1nc(Cl)cs1. The van der Waals surface area contributed by atoms with Crippen LogP contribution in [0.4, 0.5) is 0 Å². The Morgan fingerprint density at radius 1 is 1.24 bits per heavy atom. The van der Waals surface area contributed by atoms with Gasteiger partial charge < -0.3 is 4.74 Å². The Morgan fingerprint density at radius 3 is 2.24 bits per heavy atom. The van der Waals surface area contributed by atoms with Crippen LogP contribution in [0.3, 0.4) is 0 Å². The first kappa shape index (κ1) is 21.3. The van der Waals surface area contributed by atoms with Crippen molar-refractivity contribution in [3.63, 3.8) is 0 Å². The minimum absolute atomic E-state index is 0.281. The van der Waals surface area contributed by atoms with Crippen LogP contribution < -0.4 is 0 Å². The molecule has 0 aliphatic rings. The molecule has 0 spiro atoms. The number of aromatic nitrogens is 2. The zero-order valence-electron chi connectivity index (χ0n) is 13.6. The number of carbonyl (C=O) groups excluding carboxylic acids is 1. The highest BCUT2D eigenvalue weighted by Gasteiger charge is 2.28. The molecule has 2 aromatic rings. The molecule has 0 fully saturated rings. The third-order valence-corrected chi connectivity index (χ3v) is 4.67. The van der Waals surface area contributed by atoms with Gasteiger partial charge in [0, 0.05) is 10.8 Å². The van der Waals surface area contributed by atoms with E-state index in [0.717, 1.165) is 5.01 Å². The Labute approximate surface area is 163 Å². The maximum absolute atomic E-state index is 11.7. The van der Waals surface area contributed by atoms with Gasteiger partial charge in [-0.3, -0.25) is 4.79 Å². The van der Waals surface area contributed by atoms with Gasteiger partial charge in [0.2, 0.25) is 0 Å². The van der Waals surface area contributed by atoms with Crippen LogP contribution in [0.1, 0.15) is 36.7 Å². The van der Waals surface area contributed by atoms with E-state index in [1.54, 1.807) is 31.5 Å². The molecule has 6 nitrogen and oxygen atoms in total. The Hall–Kier alpha value is -1.71. The van der Waals surface area contributed by atoms with Gasteiger partial charge in [0.05, 0.1) is 18.6 Å². The summed E-state index contributed by atoms with van der Waals surface area (Å²) in [5.74, 6) is -1.60. The molecule has 0 aliphatic carbocycles. The Morgan fingerprint density at radius 2 is 1.84 bits per heavy atom. The van der Waals surface area contributed by atoms with Crippen molar-refractivity contribution < 1.29 is 9.53 Å². The largest absolute Gasteiger partial charge is 0.459 e. The third-order valence-electron chi connectivity index (χ3n) is 2.27. The maximum atomic E-state index is 11.7. The van der Waals surface area contributed by atoms with Crippen molar-refractivity contribution in [3.8, 4) is 12.1 Å². The minimum Gasteiger partial charge on any atom is -0.459 e. The van der Waals surface area contributed by atoms with Crippen LogP contribution >= 0.6 is 45.9 Å². The summed E-state index contributed by atoms with van der Waals surface area (Å²) >= 11 is 13.7. The maximum Gasteiger partial charge on any atom is 0.330 e. The standard InChI is InChI=1S/C10H11ClN2O2S.C5H3ClN2S/c1-10(2,3)15-9(14)6(4-12)8-13-7(11)5-16-8;6-4-3-9-5(8-4)1-2-7/h5-6H,1-3H3;3H,1H2. The van der Waals surface area contributed by atoms with Gasteiger partial charge in [-0.1, -0.05) is 23.2 Å². The number of ether oxygens (including phenoxy) is 1. The fraction of sp³-hybridized carbons (Fsp3) is 0.400. The molecule has 132 valence electrons. The third kappa shape index (κ3) is 7.80. The fourth-order valence-corrected chi connectivity index (χ4v) is 3.26. The van der Waals surface area contributed by atoms with Crippen molar-refractivity contribution in [2.75, 3.05) is 0 Å². The minimum atomic E-state index is -1.00. The zero-order chi connectivity index (χ0) is 19.0. The van der Waals surface area contributed by atoms with Crippen molar-refractivity contribution in [2.24, 2.45) is 0 Å². The number of hydrogen-bond donors (Lipinski definition) is 0. The number of thiazole rings is 2. The lowest BCUT2D eigenvalue weighted by atomic mass is 10.1. The number of carbonyl (C=O) groups is 1. The van der Waals surface area contributed by atoms with E-state index in [-0.39, 0.29) is 5.15 Å². The predicted octanol–water partition coefficient (Wildman–Crippen LogP) is 4.61. The van der Waals surface area contributed by atoms with Crippen LogP contribution in [0.2, 0.25) is 10.3 Å². The summed E-state index contributed by atoms with van der Waals surface area (Å²) in [6, 6.07) is 3.86. The fourth-order valence-electron chi connectivity index (χ4n) is 1.41. The molecule has 0 radical (unpaired) electrons. The van der Waals surface area contributed by atoms with E-state index in [1.807, 2.05) is 12.1 Å². The van der Waals surface area contributed by atoms with Gasteiger partial charge in [0.25, 0.3) is 0 Å². The van der Waals surface area contributed by atoms with Crippen LogP contribution in [-0.2, 0) is 16.0 Å². The molecule has 0 bridgehead atoms. The molecule has 0 amide bonds. The van der Waals surface area contributed by atoms with Gasteiger partial charge >= 0.3 is 5.97 Å².